The van der Waals surface area contributed by atoms with Crippen LogP contribution in [0.4, 0.5) is 0 Å². The number of rotatable bonds is 5. The molecular weight excluding hydrogens is 882 g/mol. The van der Waals surface area contributed by atoms with Crippen LogP contribution in [-0.4, -0.2) is 4.21 Å². The summed E-state index contributed by atoms with van der Waals surface area (Å²) in [7, 11) is 0. The fraction of sp³-hybridized carbons (Fsp3) is 0.463. The van der Waals surface area contributed by atoms with E-state index in [-0.39, 0.29) is 57.8 Å². The molecule has 5 aliphatic carbocycles. The van der Waals surface area contributed by atoms with Gasteiger partial charge in [0, 0.05) is 0 Å². The number of fused-ring (bicyclic) bond motifs is 6. The molecule has 5 aliphatic rings. The Hall–Kier alpha value is -1.73. The zero-order valence-electron chi connectivity index (χ0n) is 37.9. The van der Waals surface area contributed by atoms with Gasteiger partial charge in [-0.2, -0.15) is 0 Å². The van der Waals surface area contributed by atoms with Gasteiger partial charge in [0.05, 0.1) is 0 Å². The summed E-state index contributed by atoms with van der Waals surface area (Å²) >= 11 is 8.28. The predicted octanol–water partition coefficient (Wildman–Crippen LogP) is 15.6. The Bertz CT molecular complexity index is 2370. The van der Waals surface area contributed by atoms with Crippen LogP contribution < -0.4 is 6.54 Å². The van der Waals surface area contributed by atoms with Crippen LogP contribution in [0.5, 0.6) is 0 Å². The zero-order valence-corrected chi connectivity index (χ0v) is 43.5. The standard InChI is InChI=1S/C29H37.C12H19.2C6H4Cl.CH2.2ClH.Zr/c1-18-25-22-17-19-13-9-10-14-20(19)24(22)21-15-11-12-16-23(21)29(25,8)28(6,7)27(4,5)26(18,2)3;1-9(2)10-6-7-11(8-10)12(3,4)5;2*7-6-4-2-1-3-5-6;;;;/h9-11,13-15,23H,12,16-17H2,1-8H3;7-10H,1-5H3;2*2-5H;1H2;2*1H;. The fourth-order valence-corrected chi connectivity index (χ4v) is 36.0. The summed E-state index contributed by atoms with van der Waals surface area (Å²) in [5.41, 5.74) is 9.98. The maximum absolute atomic E-state index is 6.93. The summed E-state index contributed by atoms with van der Waals surface area (Å²) in [5.74, 6) is 0.974. The van der Waals surface area contributed by atoms with Crippen molar-refractivity contribution in [1.82, 2.24) is 0 Å². The number of hydrogen-bond acceptors (Lipinski definition) is 0. The van der Waals surface area contributed by atoms with Gasteiger partial charge in [-0.1, -0.05) is 0 Å². The summed E-state index contributed by atoms with van der Waals surface area (Å²) < 4.78 is 10.2. The molecule has 4 atom stereocenters. The van der Waals surface area contributed by atoms with Crippen LogP contribution in [0.3, 0.4) is 0 Å². The first-order chi connectivity index (χ1) is 26.4. The van der Waals surface area contributed by atoms with Crippen molar-refractivity contribution < 1.29 is 18.3 Å². The number of allylic oxidation sites excluding steroid dienone is 10. The fourth-order valence-electron chi connectivity index (χ4n) is 14.0. The first kappa shape index (κ1) is 46.8. The molecule has 4 unspecified atom stereocenters. The molecule has 316 valence electrons. The Balaban J connectivity index is 0.00000293. The molecule has 0 bridgehead atoms. The third-order valence-corrected chi connectivity index (χ3v) is 38.8. The monoisotopic (exact) mass is 946 g/mol. The van der Waals surface area contributed by atoms with E-state index in [1.54, 1.807) is 20.0 Å². The molecular formula is C54H68Cl4Zr. The van der Waals surface area contributed by atoms with Crippen LogP contribution in [-0.2, 0) is 24.7 Å². The van der Waals surface area contributed by atoms with Crippen molar-refractivity contribution in [3.8, 4) is 0 Å². The summed E-state index contributed by atoms with van der Waals surface area (Å²) in [6.45, 7) is 33.4. The summed E-state index contributed by atoms with van der Waals surface area (Å²) in [4.78, 5) is 0. The molecule has 0 nitrogen and oxygen atoms in total. The van der Waals surface area contributed by atoms with Gasteiger partial charge in [0.1, 0.15) is 0 Å². The third-order valence-electron chi connectivity index (χ3n) is 18.5. The Labute approximate surface area is 380 Å². The first-order valence-corrected chi connectivity index (χ1v) is 29.1. The number of hydrogen-bond donors (Lipinski definition) is 0. The molecule has 0 spiro atoms. The Morgan fingerprint density at radius 3 is 1.81 bits per heavy atom. The maximum atomic E-state index is 6.93. The van der Waals surface area contributed by atoms with E-state index in [1.807, 2.05) is 0 Å². The van der Waals surface area contributed by atoms with Crippen LogP contribution in [0.15, 0.2) is 123 Å². The molecule has 8 rings (SSSR count). The number of halogens is 4. The van der Waals surface area contributed by atoms with E-state index in [4.69, 9.17) is 27.4 Å². The Morgan fingerprint density at radius 2 is 1.29 bits per heavy atom. The molecule has 0 amide bonds. The zero-order chi connectivity index (χ0) is 41.5. The van der Waals surface area contributed by atoms with Gasteiger partial charge in [0.25, 0.3) is 0 Å². The topological polar surface area (TPSA) is 0 Å². The molecule has 0 radical (unpaired) electrons. The van der Waals surface area contributed by atoms with Crippen molar-refractivity contribution in [3.05, 3.63) is 144 Å². The van der Waals surface area contributed by atoms with Crippen LogP contribution >= 0.6 is 48.0 Å². The van der Waals surface area contributed by atoms with Gasteiger partial charge in [-0.3, -0.25) is 0 Å². The minimum absolute atomic E-state index is 0. The molecule has 0 aliphatic heterocycles. The summed E-state index contributed by atoms with van der Waals surface area (Å²) in [6.07, 6.45) is 13.5. The quantitative estimate of drug-likeness (QED) is 0.239. The molecule has 1 fully saturated rings. The van der Waals surface area contributed by atoms with Gasteiger partial charge < -0.3 is 0 Å². The Kier molecular flexibility index (Phi) is 11.6. The first-order valence-electron chi connectivity index (χ1n) is 21.7. The van der Waals surface area contributed by atoms with Crippen molar-refractivity contribution in [2.45, 2.75) is 112 Å². The second-order valence-electron chi connectivity index (χ2n) is 22.0. The minimum atomic E-state index is -5.58. The second-order valence-corrected chi connectivity index (χ2v) is 36.7. The molecule has 0 N–H and O–H groups in total. The van der Waals surface area contributed by atoms with Crippen LogP contribution in [0.25, 0.3) is 5.57 Å². The van der Waals surface area contributed by atoms with Gasteiger partial charge in [-0.15, -0.1) is 24.8 Å². The SMILES string of the molecule is Cl.Cl.[CH2]=[Zr]([C]1=CC(C(C)(C)C)=CC1C(C)C)([c]1ccc(Cl)cc1)([c]1ccc(Cl)cc1)[C]1(C)C2=C3Cc4ccccc4C3=C3C=CCCC3C2(C)C(C)(C)C(C)(C)C1(C)C. The van der Waals surface area contributed by atoms with E-state index in [2.05, 4.69) is 187 Å². The Morgan fingerprint density at radius 1 is 0.746 bits per heavy atom. The van der Waals surface area contributed by atoms with Crippen LogP contribution in [0, 0.1) is 44.8 Å². The molecule has 5 heteroatoms. The van der Waals surface area contributed by atoms with Crippen LogP contribution in [0.1, 0.15) is 114 Å². The molecule has 3 aromatic rings. The van der Waals surface area contributed by atoms with E-state index < -0.39 is 21.4 Å². The third kappa shape index (κ3) is 5.59. The predicted molar refractivity (Wildman–Crippen MR) is 262 cm³/mol. The van der Waals surface area contributed by atoms with Gasteiger partial charge in [-0.25, -0.2) is 0 Å². The number of benzene rings is 3. The van der Waals surface area contributed by atoms with Crippen molar-refractivity contribution >= 4 is 64.3 Å². The van der Waals surface area contributed by atoms with Crippen molar-refractivity contribution in [2.24, 2.45) is 44.8 Å². The molecule has 0 heterocycles. The van der Waals surface area contributed by atoms with Gasteiger partial charge in [-0.05, 0) is 0 Å². The normalized spacial score (nSPS) is 27.8. The van der Waals surface area contributed by atoms with Crippen molar-refractivity contribution in [1.29, 1.82) is 0 Å². The van der Waals surface area contributed by atoms with Crippen molar-refractivity contribution in [3.63, 3.8) is 0 Å². The molecule has 0 saturated heterocycles. The van der Waals surface area contributed by atoms with E-state index >= 15 is 0 Å². The van der Waals surface area contributed by atoms with Crippen LogP contribution in [0.2, 0.25) is 13.2 Å². The molecule has 3 aromatic carbocycles. The van der Waals surface area contributed by atoms with Crippen molar-refractivity contribution in [2.75, 3.05) is 0 Å². The van der Waals surface area contributed by atoms with E-state index in [0.29, 0.717) is 11.8 Å². The molecule has 59 heavy (non-hydrogen) atoms. The van der Waals surface area contributed by atoms with Gasteiger partial charge in [0.15, 0.2) is 0 Å². The average Bonchev–Trinajstić information content (AvgIpc) is 3.79. The van der Waals surface area contributed by atoms with Gasteiger partial charge >= 0.3 is 359 Å². The van der Waals surface area contributed by atoms with E-state index in [0.717, 1.165) is 29.3 Å². The molecule has 0 aromatic heterocycles. The van der Waals surface area contributed by atoms with E-state index in [9.17, 15) is 0 Å². The van der Waals surface area contributed by atoms with E-state index in [1.165, 1.54) is 28.8 Å². The summed E-state index contributed by atoms with van der Waals surface area (Å²) in [5, 5.41) is 1.53. The molecule has 1 saturated carbocycles. The second kappa shape index (κ2) is 14.7. The summed E-state index contributed by atoms with van der Waals surface area (Å²) in [6, 6.07) is 27.6. The average molecular weight is 950 g/mol. The van der Waals surface area contributed by atoms with Gasteiger partial charge in [0.2, 0.25) is 0 Å².